The molecule has 1 aromatic rings. The van der Waals surface area contributed by atoms with Gasteiger partial charge in [-0.05, 0) is 61.0 Å². The molecule has 0 aliphatic heterocycles. The number of aryl methyl sites for hydroxylation is 1. The zero-order chi connectivity index (χ0) is 12.5. The van der Waals surface area contributed by atoms with Crippen LogP contribution in [0.3, 0.4) is 0 Å². The first kappa shape index (κ1) is 12.2. The van der Waals surface area contributed by atoms with Gasteiger partial charge in [-0.25, -0.2) is 0 Å². The van der Waals surface area contributed by atoms with E-state index in [4.69, 9.17) is 5.73 Å². The Morgan fingerprint density at radius 2 is 1.78 bits per heavy atom. The number of benzene rings is 1. The average Bonchev–Trinajstić information content (AvgIpc) is 3.03. The molecule has 2 aliphatic carbocycles. The van der Waals surface area contributed by atoms with Gasteiger partial charge >= 0.3 is 0 Å². The molecule has 3 rings (SSSR count). The minimum atomic E-state index is 0.276. The van der Waals surface area contributed by atoms with Gasteiger partial charge in [-0.15, -0.1) is 0 Å². The van der Waals surface area contributed by atoms with E-state index in [0.717, 1.165) is 17.8 Å². The summed E-state index contributed by atoms with van der Waals surface area (Å²) in [6, 6.07) is 9.36. The van der Waals surface area contributed by atoms with Crippen LogP contribution < -0.4 is 5.73 Å². The average molecular weight is 243 g/mol. The first-order valence-electron chi connectivity index (χ1n) is 7.62. The van der Waals surface area contributed by atoms with Gasteiger partial charge in [0.1, 0.15) is 0 Å². The van der Waals surface area contributed by atoms with Gasteiger partial charge < -0.3 is 5.73 Å². The summed E-state index contributed by atoms with van der Waals surface area (Å²) in [5, 5.41) is 0. The summed E-state index contributed by atoms with van der Waals surface area (Å²) in [6.07, 6.45) is 8.01. The van der Waals surface area contributed by atoms with Crippen LogP contribution >= 0.6 is 0 Å². The van der Waals surface area contributed by atoms with Gasteiger partial charge in [0.2, 0.25) is 0 Å². The van der Waals surface area contributed by atoms with E-state index in [1.54, 1.807) is 0 Å². The van der Waals surface area contributed by atoms with Crippen molar-refractivity contribution in [3.63, 3.8) is 0 Å². The Kier molecular flexibility index (Phi) is 3.43. The molecule has 0 radical (unpaired) electrons. The molecular formula is C17H25N. The smallest absolute Gasteiger partial charge is 0.0323 e. The predicted molar refractivity (Wildman–Crippen MR) is 76.3 cm³/mol. The number of rotatable bonds is 5. The number of nitrogens with two attached hydrogens (primary N) is 1. The van der Waals surface area contributed by atoms with Crippen molar-refractivity contribution in [2.75, 3.05) is 0 Å². The third-order valence-corrected chi connectivity index (χ3v) is 4.97. The second-order valence-corrected chi connectivity index (χ2v) is 6.36. The lowest BCUT2D eigenvalue weighted by atomic mass is 9.89. The van der Waals surface area contributed by atoms with E-state index in [0.29, 0.717) is 0 Å². The van der Waals surface area contributed by atoms with E-state index in [2.05, 4.69) is 31.2 Å². The summed E-state index contributed by atoms with van der Waals surface area (Å²) < 4.78 is 0. The van der Waals surface area contributed by atoms with Gasteiger partial charge in [0.25, 0.3) is 0 Å². The third-order valence-electron chi connectivity index (χ3n) is 4.97. The Balaban J connectivity index is 1.61. The monoisotopic (exact) mass is 243 g/mol. The van der Waals surface area contributed by atoms with Crippen molar-refractivity contribution < 1.29 is 0 Å². The summed E-state index contributed by atoms with van der Waals surface area (Å²) in [4.78, 5) is 0. The number of hydrogen-bond donors (Lipinski definition) is 1. The molecule has 0 bridgehead atoms. The first-order valence-corrected chi connectivity index (χ1v) is 7.62. The van der Waals surface area contributed by atoms with Crippen LogP contribution in [0, 0.1) is 17.8 Å². The summed E-state index contributed by atoms with van der Waals surface area (Å²) >= 11 is 0. The molecule has 0 amide bonds. The maximum Gasteiger partial charge on any atom is 0.0323 e. The van der Waals surface area contributed by atoms with Crippen molar-refractivity contribution in [1.29, 1.82) is 0 Å². The topological polar surface area (TPSA) is 26.0 Å². The van der Waals surface area contributed by atoms with E-state index < -0.39 is 0 Å². The standard InChI is InChI=1S/C17H25N/c1-2-3-4-12-5-7-13(8-6-12)17(18)16-10-14-9-15(14)11-16/h5-8,14-17H,2-4,9-11,18H2,1H3. The largest absolute Gasteiger partial charge is 0.324 e. The normalized spacial score (nSPS) is 31.1. The predicted octanol–water partition coefficient (Wildman–Crippen LogP) is 4.08. The molecule has 0 heterocycles. The number of unbranched alkanes of at least 4 members (excludes halogenated alkanes) is 1. The number of fused-ring (bicyclic) bond motifs is 1. The maximum absolute atomic E-state index is 6.43. The van der Waals surface area contributed by atoms with Gasteiger partial charge in [-0.2, -0.15) is 0 Å². The fourth-order valence-electron chi connectivity index (χ4n) is 3.61. The van der Waals surface area contributed by atoms with Crippen LogP contribution in [0.15, 0.2) is 24.3 Å². The van der Waals surface area contributed by atoms with Gasteiger partial charge in [0, 0.05) is 6.04 Å². The van der Waals surface area contributed by atoms with E-state index in [9.17, 15) is 0 Å². The van der Waals surface area contributed by atoms with Crippen LogP contribution in [-0.2, 0) is 6.42 Å². The summed E-state index contributed by atoms with van der Waals surface area (Å²) in [5.74, 6) is 2.81. The zero-order valence-electron chi connectivity index (χ0n) is 11.4. The van der Waals surface area contributed by atoms with Crippen molar-refractivity contribution in [3.05, 3.63) is 35.4 Å². The molecule has 2 aliphatic rings. The summed E-state index contributed by atoms with van der Waals surface area (Å²) in [6.45, 7) is 2.25. The maximum atomic E-state index is 6.43. The minimum absolute atomic E-state index is 0.276. The second kappa shape index (κ2) is 5.05. The fraction of sp³-hybridized carbons (Fsp3) is 0.647. The minimum Gasteiger partial charge on any atom is -0.324 e. The zero-order valence-corrected chi connectivity index (χ0v) is 11.4. The second-order valence-electron chi connectivity index (χ2n) is 6.36. The Morgan fingerprint density at radius 3 is 2.39 bits per heavy atom. The lowest BCUT2D eigenvalue weighted by Crippen LogP contribution is -2.20. The highest BCUT2D eigenvalue weighted by Gasteiger charge is 2.47. The molecule has 0 aromatic heterocycles. The lowest BCUT2D eigenvalue weighted by molar-refractivity contribution is 0.404. The molecular weight excluding hydrogens is 218 g/mol. The Morgan fingerprint density at radius 1 is 1.11 bits per heavy atom. The van der Waals surface area contributed by atoms with Gasteiger partial charge in [-0.3, -0.25) is 0 Å². The molecule has 18 heavy (non-hydrogen) atoms. The van der Waals surface area contributed by atoms with Gasteiger partial charge in [0.15, 0.2) is 0 Å². The SMILES string of the molecule is CCCCc1ccc(C(N)C2CC3CC3C2)cc1. The van der Waals surface area contributed by atoms with E-state index >= 15 is 0 Å². The molecule has 3 atom stereocenters. The highest BCUT2D eigenvalue weighted by Crippen LogP contribution is 2.56. The molecule has 2 saturated carbocycles. The summed E-state index contributed by atoms with van der Waals surface area (Å²) in [5.41, 5.74) is 9.24. The third kappa shape index (κ3) is 2.47. The van der Waals surface area contributed by atoms with E-state index in [1.807, 2.05) is 0 Å². The Bertz CT molecular complexity index is 385. The number of hydrogen-bond acceptors (Lipinski definition) is 1. The van der Waals surface area contributed by atoms with Crippen LogP contribution in [0.4, 0.5) is 0 Å². The molecule has 1 heteroatoms. The first-order chi connectivity index (χ1) is 8.78. The molecule has 98 valence electrons. The summed E-state index contributed by atoms with van der Waals surface area (Å²) in [7, 11) is 0. The van der Waals surface area contributed by atoms with E-state index in [-0.39, 0.29) is 6.04 Å². The van der Waals surface area contributed by atoms with Gasteiger partial charge in [0.05, 0.1) is 0 Å². The lowest BCUT2D eigenvalue weighted by Gasteiger charge is -2.21. The molecule has 1 aromatic carbocycles. The van der Waals surface area contributed by atoms with Crippen molar-refractivity contribution >= 4 is 0 Å². The van der Waals surface area contributed by atoms with Crippen molar-refractivity contribution in [3.8, 4) is 0 Å². The van der Waals surface area contributed by atoms with E-state index in [1.165, 1.54) is 49.7 Å². The quantitative estimate of drug-likeness (QED) is 0.828. The Hall–Kier alpha value is -0.820. The van der Waals surface area contributed by atoms with Crippen LogP contribution in [-0.4, -0.2) is 0 Å². The van der Waals surface area contributed by atoms with Gasteiger partial charge in [-0.1, -0.05) is 37.6 Å². The van der Waals surface area contributed by atoms with Crippen molar-refractivity contribution in [2.45, 2.75) is 51.5 Å². The van der Waals surface area contributed by atoms with Crippen molar-refractivity contribution in [2.24, 2.45) is 23.5 Å². The molecule has 2 N–H and O–H groups in total. The highest BCUT2D eigenvalue weighted by atomic mass is 14.7. The van der Waals surface area contributed by atoms with Crippen molar-refractivity contribution in [1.82, 2.24) is 0 Å². The molecule has 0 saturated heterocycles. The van der Waals surface area contributed by atoms with Crippen LogP contribution in [0.5, 0.6) is 0 Å². The molecule has 2 fully saturated rings. The van der Waals surface area contributed by atoms with Crippen LogP contribution in [0.2, 0.25) is 0 Å². The molecule has 0 spiro atoms. The van der Waals surface area contributed by atoms with Crippen LogP contribution in [0.1, 0.15) is 56.2 Å². The highest BCUT2D eigenvalue weighted by molar-refractivity contribution is 5.26. The fourth-order valence-corrected chi connectivity index (χ4v) is 3.61. The molecule has 3 unspecified atom stereocenters. The Labute approximate surface area is 111 Å². The molecule has 1 nitrogen and oxygen atoms in total. The van der Waals surface area contributed by atoms with Crippen LogP contribution in [0.25, 0.3) is 0 Å².